The lowest BCUT2D eigenvalue weighted by molar-refractivity contribution is 0.552. The van der Waals surface area contributed by atoms with Gasteiger partial charge in [0.15, 0.2) is 0 Å². The molecule has 2 aromatic heterocycles. The Morgan fingerprint density at radius 1 is 1.42 bits per heavy atom. The van der Waals surface area contributed by atoms with Gasteiger partial charge in [-0.25, -0.2) is 4.98 Å². The molecular formula is C14H21ClN4. The van der Waals surface area contributed by atoms with Gasteiger partial charge in [-0.2, -0.15) is 0 Å². The summed E-state index contributed by atoms with van der Waals surface area (Å²) in [5.74, 6) is 1.64. The van der Waals surface area contributed by atoms with Crippen LogP contribution in [0.3, 0.4) is 0 Å². The van der Waals surface area contributed by atoms with Gasteiger partial charge < -0.3 is 14.5 Å². The van der Waals surface area contributed by atoms with Crippen LogP contribution in [-0.2, 0) is 20.1 Å². The van der Waals surface area contributed by atoms with Gasteiger partial charge >= 0.3 is 0 Å². The fourth-order valence-corrected chi connectivity index (χ4v) is 2.08. The van der Waals surface area contributed by atoms with Gasteiger partial charge in [0.25, 0.3) is 0 Å². The van der Waals surface area contributed by atoms with Gasteiger partial charge in [0.05, 0.1) is 12.7 Å². The van der Waals surface area contributed by atoms with E-state index in [1.54, 1.807) is 6.20 Å². The van der Waals surface area contributed by atoms with E-state index < -0.39 is 0 Å². The van der Waals surface area contributed by atoms with Crippen LogP contribution in [0.2, 0.25) is 5.15 Å². The Labute approximate surface area is 119 Å². The summed E-state index contributed by atoms with van der Waals surface area (Å²) in [6.07, 6.45) is 5.91. The highest BCUT2D eigenvalue weighted by Crippen LogP contribution is 2.11. The fourth-order valence-electron chi connectivity index (χ4n) is 1.93. The van der Waals surface area contributed by atoms with Gasteiger partial charge in [0.1, 0.15) is 11.0 Å². The van der Waals surface area contributed by atoms with Gasteiger partial charge in [-0.1, -0.05) is 25.4 Å². The lowest BCUT2D eigenvalue weighted by atomic mass is 10.2. The van der Waals surface area contributed by atoms with E-state index in [1.807, 2.05) is 11.6 Å². The lowest BCUT2D eigenvalue weighted by Gasteiger charge is -2.06. The minimum absolute atomic E-state index is 0.668. The number of nitrogens with zero attached hydrogens (tertiary/aromatic N) is 3. The second kappa shape index (κ2) is 6.26. The molecule has 0 saturated carbocycles. The molecule has 0 radical (unpaired) electrons. The molecule has 19 heavy (non-hydrogen) atoms. The van der Waals surface area contributed by atoms with E-state index in [2.05, 4.69) is 47.2 Å². The van der Waals surface area contributed by atoms with Crippen molar-refractivity contribution in [3.05, 3.63) is 41.2 Å². The van der Waals surface area contributed by atoms with Crippen LogP contribution in [0.15, 0.2) is 24.7 Å². The predicted molar refractivity (Wildman–Crippen MR) is 78.3 cm³/mol. The molecule has 0 aliphatic carbocycles. The predicted octanol–water partition coefficient (Wildman–Crippen LogP) is 2.67. The maximum atomic E-state index is 5.98. The molecule has 0 bridgehead atoms. The van der Waals surface area contributed by atoms with Gasteiger partial charge in [0, 0.05) is 26.0 Å². The highest BCUT2D eigenvalue weighted by atomic mass is 35.5. The zero-order chi connectivity index (χ0) is 13.8. The molecule has 0 fully saturated rings. The fraction of sp³-hybridized carbons (Fsp3) is 0.500. The smallest absolute Gasteiger partial charge is 0.129 e. The highest BCUT2D eigenvalue weighted by molar-refractivity contribution is 6.29. The van der Waals surface area contributed by atoms with Crippen molar-refractivity contribution in [2.75, 3.05) is 6.54 Å². The average Bonchev–Trinajstić information content (AvgIpc) is 2.91. The molecule has 2 aromatic rings. The molecule has 0 saturated heterocycles. The van der Waals surface area contributed by atoms with Gasteiger partial charge in [0.2, 0.25) is 0 Å². The second-order valence-electron chi connectivity index (χ2n) is 5.27. The molecule has 0 atom stereocenters. The second-order valence-corrected chi connectivity index (χ2v) is 5.66. The lowest BCUT2D eigenvalue weighted by Crippen LogP contribution is -2.18. The molecule has 0 aromatic carbocycles. The Bertz CT molecular complexity index is 527. The van der Waals surface area contributed by atoms with Crippen molar-refractivity contribution < 1.29 is 0 Å². The molecule has 4 nitrogen and oxygen atoms in total. The number of rotatable bonds is 6. The summed E-state index contributed by atoms with van der Waals surface area (Å²) < 4.78 is 4.03. The topological polar surface area (TPSA) is 34.8 Å². The van der Waals surface area contributed by atoms with Gasteiger partial charge in [-0.05, 0) is 24.1 Å². The van der Waals surface area contributed by atoms with Gasteiger partial charge in [-0.15, -0.1) is 0 Å². The van der Waals surface area contributed by atoms with Crippen molar-refractivity contribution in [3.63, 3.8) is 0 Å². The van der Waals surface area contributed by atoms with Crippen molar-refractivity contribution in [1.82, 2.24) is 19.4 Å². The van der Waals surface area contributed by atoms with E-state index in [-0.39, 0.29) is 0 Å². The summed E-state index contributed by atoms with van der Waals surface area (Å²) >= 11 is 5.98. The van der Waals surface area contributed by atoms with Crippen LogP contribution in [0.4, 0.5) is 0 Å². The normalized spacial score (nSPS) is 11.4. The SMILES string of the molecule is CC(C)CNCc1ccn(Cc2ncc(Cl)n2C)c1. The third-order valence-corrected chi connectivity index (χ3v) is 3.40. The minimum Gasteiger partial charge on any atom is -0.346 e. The summed E-state index contributed by atoms with van der Waals surface area (Å²) in [6.45, 7) is 7.12. The standard InChI is InChI=1S/C14H21ClN4/c1-11(2)6-16-7-12-4-5-19(9-12)10-14-17-8-13(15)18(14)3/h4-5,8-9,11,16H,6-7,10H2,1-3H3. The molecule has 104 valence electrons. The molecule has 5 heteroatoms. The van der Waals surface area contributed by atoms with E-state index in [9.17, 15) is 0 Å². The van der Waals surface area contributed by atoms with Crippen LogP contribution >= 0.6 is 11.6 Å². The Morgan fingerprint density at radius 3 is 2.84 bits per heavy atom. The van der Waals surface area contributed by atoms with E-state index in [1.165, 1.54) is 5.56 Å². The maximum absolute atomic E-state index is 5.98. The summed E-state index contributed by atoms with van der Waals surface area (Å²) in [4.78, 5) is 4.30. The minimum atomic E-state index is 0.668. The summed E-state index contributed by atoms with van der Waals surface area (Å²) in [7, 11) is 1.93. The van der Waals surface area contributed by atoms with Crippen molar-refractivity contribution >= 4 is 11.6 Å². The summed E-state index contributed by atoms with van der Waals surface area (Å²) in [5, 5.41) is 4.11. The number of imidazole rings is 1. The molecule has 0 amide bonds. The Hall–Kier alpha value is -1.26. The Kier molecular flexibility index (Phi) is 4.66. The molecule has 0 aliphatic heterocycles. The largest absolute Gasteiger partial charge is 0.346 e. The number of hydrogen-bond acceptors (Lipinski definition) is 2. The highest BCUT2D eigenvalue weighted by Gasteiger charge is 2.05. The molecule has 0 spiro atoms. The van der Waals surface area contributed by atoms with E-state index in [0.29, 0.717) is 11.1 Å². The summed E-state index contributed by atoms with van der Waals surface area (Å²) in [6, 6.07) is 2.14. The third kappa shape index (κ3) is 3.85. The van der Waals surface area contributed by atoms with Gasteiger partial charge in [-0.3, -0.25) is 0 Å². The van der Waals surface area contributed by atoms with Crippen molar-refractivity contribution in [1.29, 1.82) is 0 Å². The molecular weight excluding hydrogens is 260 g/mol. The number of halogens is 1. The molecule has 2 rings (SSSR count). The number of hydrogen-bond donors (Lipinski definition) is 1. The first-order valence-electron chi connectivity index (χ1n) is 6.57. The summed E-state index contributed by atoms with van der Waals surface area (Å²) in [5.41, 5.74) is 1.29. The average molecular weight is 281 g/mol. The molecule has 0 unspecified atom stereocenters. The van der Waals surface area contributed by atoms with Crippen molar-refractivity contribution in [3.8, 4) is 0 Å². The van der Waals surface area contributed by atoms with Crippen LogP contribution in [-0.4, -0.2) is 20.7 Å². The Morgan fingerprint density at radius 2 is 2.21 bits per heavy atom. The first kappa shape index (κ1) is 14.2. The molecule has 2 heterocycles. The molecule has 1 N–H and O–H groups in total. The molecule has 0 aliphatic rings. The van der Waals surface area contributed by atoms with Crippen LogP contribution < -0.4 is 5.32 Å². The number of nitrogens with one attached hydrogen (secondary N) is 1. The van der Waals surface area contributed by atoms with Crippen LogP contribution in [0, 0.1) is 5.92 Å². The first-order valence-corrected chi connectivity index (χ1v) is 6.95. The maximum Gasteiger partial charge on any atom is 0.129 e. The van der Waals surface area contributed by atoms with Crippen LogP contribution in [0.5, 0.6) is 0 Å². The van der Waals surface area contributed by atoms with E-state index in [0.717, 1.165) is 25.5 Å². The van der Waals surface area contributed by atoms with Crippen LogP contribution in [0.25, 0.3) is 0 Å². The zero-order valence-electron chi connectivity index (χ0n) is 11.7. The Balaban J connectivity index is 1.92. The first-order chi connectivity index (χ1) is 9.06. The zero-order valence-corrected chi connectivity index (χ0v) is 12.5. The monoisotopic (exact) mass is 280 g/mol. The number of aromatic nitrogens is 3. The quantitative estimate of drug-likeness (QED) is 0.883. The van der Waals surface area contributed by atoms with E-state index in [4.69, 9.17) is 11.6 Å². The van der Waals surface area contributed by atoms with Crippen molar-refractivity contribution in [2.24, 2.45) is 13.0 Å². The van der Waals surface area contributed by atoms with E-state index >= 15 is 0 Å². The van der Waals surface area contributed by atoms with Crippen LogP contribution in [0.1, 0.15) is 25.2 Å². The van der Waals surface area contributed by atoms with Crippen molar-refractivity contribution in [2.45, 2.75) is 26.9 Å². The third-order valence-electron chi connectivity index (χ3n) is 3.05.